The highest BCUT2D eigenvalue weighted by molar-refractivity contribution is 5.89. The first-order valence-electron chi connectivity index (χ1n) is 9.78. The predicted octanol–water partition coefficient (Wildman–Crippen LogP) is 1.91. The summed E-state index contributed by atoms with van der Waals surface area (Å²) in [5.74, 6) is 0.332. The molecule has 3 amide bonds. The molecule has 29 heavy (non-hydrogen) atoms. The van der Waals surface area contributed by atoms with Gasteiger partial charge in [0.15, 0.2) is 6.29 Å². The third-order valence-electron chi connectivity index (χ3n) is 4.96. The van der Waals surface area contributed by atoms with Crippen molar-refractivity contribution in [2.45, 2.75) is 32.6 Å². The van der Waals surface area contributed by atoms with Crippen LogP contribution in [0, 0.1) is 5.92 Å². The van der Waals surface area contributed by atoms with Crippen molar-refractivity contribution in [3.8, 4) is 11.3 Å². The lowest BCUT2D eigenvalue weighted by molar-refractivity contribution is -0.130. The van der Waals surface area contributed by atoms with Gasteiger partial charge in [-0.05, 0) is 13.3 Å². The SMILES string of the molecule is CCC1C(=O)NC(n2nc(-c3ccccc3)cc2NC(=O)NCCOC)NC1C. The molecule has 9 heteroatoms. The van der Waals surface area contributed by atoms with Crippen LogP contribution in [0.15, 0.2) is 36.4 Å². The third kappa shape index (κ3) is 4.93. The average Bonchev–Trinajstić information content (AvgIpc) is 3.12. The van der Waals surface area contributed by atoms with Gasteiger partial charge in [0.05, 0.1) is 18.2 Å². The van der Waals surface area contributed by atoms with Gasteiger partial charge in [-0.25, -0.2) is 9.48 Å². The second-order valence-electron chi connectivity index (χ2n) is 6.98. The minimum absolute atomic E-state index is 0.0218. The Labute approximate surface area is 170 Å². The maximum Gasteiger partial charge on any atom is 0.320 e. The molecule has 1 aliphatic heterocycles. The van der Waals surface area contributed by atoms with Crippen molar-refractivity contribution >= 4 is 17.8 Å². The molecule has 0 spiro atoms. The van der Waals surface area contributed by atoms with Crippen molar-refractivity contribution < 1.29 is 14.3 Å². The molecule has 9 nitrogen and oxygen atoms in total. The van der Waals surface area contributed by atoms with Crippen LogP contribution in [0.4, 0.5) is 10.6 Å². The number of aromatic nitrogens is 2. The lowest BCUT2D eigenvalue weighted by Crippen LogP contribution is -2.57. The van der Waals surface area contributed by atoms with Gasteiger partial charge in [0, 0.05) is 31.3 Å². The molecule has 0 radical (unpaired) electrons. The summed E-state index contributed by atoms with van der Waals surface area (Å²) < 4.78 is 6.55. The highest BCUT2D eigenvalue weighted by atomic mass is 16.5. The van der Waals surface area contributed by atoms with Gasteiger partial charge in [-0.3, -0.25) is 15.4 Å². The van der Waals surface area contributed by atoms with Gasteiger partial charge < -0.3 is 15.4 Å². The maximum atomic E-state index is 12.5. The number of carbonyl (C=O) groups is 2. The number of carbonyl (C=O) groups excluding carboxylic acids is 2. The van der Waals surface area contributed by atoms with Gasteiger partial charge in [0.1, 0.15) is 5.82 Å². The first-order valence-corrected chi connectivity index (χ1v) is 9.78. The number of anilines is 1. The summed E-state index contributed by atoms with van der Waals surface area (Å²) in [6, 6.07) is 11.1. The van der Waals surface area contributed by atoms with Crippen molar-refractivity contribution in [2.75, 3.05) is 25.6 Å². The molecule has 3 atom stereocenters. The predicted molar refractivity (Wildman–Crippen MR) is 110 cm³/mol. The third-order valence-corrected chi connectivity index (χ3v) is 4.96. The molecule has 0 aliphatic carbocycles. The number of nitrogens with zero attached hydrogens (tertiary/aromatic N) is 2. The quantitative estimate of drug-likeness (QED) is 0.531. The fraction of sp³-hybridized carbons (Fsp3) is 0.450. The van der Waals surface area contributed by atoms with E-state index in [1.165, 1.54) is 0 Å². The molecule has 0 bridgehead atoms. The Balaban J connectivity index is 1.87. The first kappa shape index (κ1) is 20.8. The monoisotopic (exact) mass is 400 g/mol. The summed E-state index contributed by atoms with van der Waals surface area (Å²) in [4.78, 5) is 24.8. The van der Waals surface area contributed by atoms with E-state index in [9.17, 15) is 9.59 Å². The van der Waals surface area contributed by atoms with E-state index in [4.69, 9.17) is 4.74 Å². The van der Waals surface area contributed by atoms with Crippen LogP contribution in [0.5, 0.6) is 0 Å². The smallest absolute Gasteiger partial charge is 0.320 e. The molecule has 0 saturated carbocycles. The number of methoxy groups -OCH3 is 1. The van der Waals surface area contributed by atoms with Crippen LogP contribution in [0.3, 0.4) is 0 Å². The van der Waals surface area contributed by atoms with Crippen LogP contribution in [0.1, 0.15) is 26.6 Å². The highest BCUT2D eigenvalue weighted by Gasteiger charge is 2.34. The van der Waals surface area contributed by atoms with Crippen LogP contribution < -0.4 is 21.3 Å². The van der Waals surface area contributed by atoms with Gasteiger partial charge in [-0.15, -0.1) is 0 Å². The molecule has 2 aromatic rings. The summed E-state index contributed by atoms with van der Waals surface area (Å²) in [6.07, 6.45) is 0.181. The molecule has 1 aromatic carbocycles. The number of benzene rings is 1. The summed E-state index contributed by atoms with van der Waals surface area (Å²) in [6.45, 7) is 4.77. The number of rotatable bonds is 7. The van der Waals surface area contributed by atoms with Crippen LogP contribution in [-0.2, 0) is 9.53 Å². The Kier molecular flexibility index (Phi) is 6.84. The van der Waals surface area contributed by atoms with E-state index in [0.717, 1.165) is 12.0 Å². The van der Waals surface area contributed by atoms with Gasteiger partial charge in [-0.2, -0.15) is 5.10 Å². The van der Waals surface area contributed by atoms with Crippen molar-refractivity contribution in [3.05, 3.63) is 36.4 Å². The Morgan fingerprint density at radius 3 is 2.72 bits per heavy atom. The molecule has 3 rings (SSSR count). The molecular formula is C20H28N6O3. The molecule has 3 unspecified atom stereocenters. The van der Waals surface area contributed by atoms with Gasteiger partial charge >= 0.3 is 6.03 Å². The van der Waals surface area contributed by atoms with Crippen LogP contribution in [0.25, 0.3) is 11.3 Å². The zero-order valence-corrected chi connectivity index (χ0v) is 16.9. The highest BCUT2D eigenvalue weighted by Crippen LogP contribution is 2.25. The normalized spacial score (nSPS) is 21.5. The van der Waals surface area contributed by atoms with Gasteiger partial charge in [-0.1, -0.05) is 37.3 Å². The summed E-state index contributed by atoms with van der Waals surface area (Å²) >= 11 is 0. The van der Waals surface area contributed by atoms with E-state index in [2.05, 4.69) is 26.4 Å². The lowest BCUT2D eigenvalue weighted by Gasteiger charge is -2.35. The topological polar surface area (TPSA) is 109 Å². The van der Waals surface area contributed by atoms with Crippen LogP contribution >= 0.6 is 0 Å². The number of amides is 3. The summed E-state index contributed by atoms with van der Waals surface area (Å²) in [7, 11) is 1.57. The zero-order chi connectivity index (χ0) is 20.8. The Morgan fingerprint density at radius 1 is 1.31 bits per heavy atom. The van der Waals surface area contributed by atoms with E-state index in [1.54, 1.807) is 17.9 Å². The number of hydrogen-bond donors (Lipinski definition) is 4. The molecular weight excluding hydrogens is 372 g/mol. The fourth-order valence-corrected chi connectivity index (χ4v) is 3.41. The van der Waals surface area contributed by atoms with Crippen molar-refractivity contribution in [1.29, 1.82) is 0 Å². The van der Waals surface area contributed by atoms with Crippen LogP contribution in [-0.4, -0.2) is 48.0 Å². The van der Waals surface area contributed by atoms with E-state index < -0.39 is 6.29 Å². The van der Waals surface area contributed by atoms with Crippen molar-refractivity contribution in [2.24, 2.45) is 5.92 Å². The Morgan fingerprint density at radius 2 is 2.07 bits per heavy atom. The lowest BCUT2D eigenvalue weighted by atomic mass is 9.95. The Hall–Kier alpha value is -2.91. The van der Waals surface area contributed by atoms with E-state index in [1.807, 2.05) is 44.2 Å². The van der Waals surface area contributed by atoms with Gasteiger partial charge in [0.25, 0.3) is 0 Å². The second-order valence-corrected chi connectivity index (χ2v) is 6.98. The summed E-state index contributed by atoms with van der Waals surface area (Å²) in [5.41, 5.74) is 1.61. The molecule has 2 heterocycles. The molecule has 1 saturated heterocycles. The number of urea groups is 1. The molecule has 1 aromatic heterocycles. The standard InChI is InChI=1S/C20H28N6O3/c1-4-15-13(2)22-19(24-18(15)27)26-17(23-20(28)21-10-11-29-3)12-16(25-26)14-8-6-5-7-9-14/h5-9,12-13,15,19,22H,4,10-11H2,1-3H3,(H,24,27)(H2,21,23,28). The molecule has 156 valence electrons. The molecule has 4 N–H and O–H groups in total. The second kappa shape index (κ2) is 9.53. The number of hydrogen-bond acceptors (Lipinski definition) is 5. The maximum absolute atomic E-state index is 12.5. The first-order chi connectivity index (χ1) is 14.0. The van der Waals surface area contributed by atoms with E-state index in [0.29, 0.717) is 24.7 Å². The minimum atomic E-state index is -0.563. The van der Waals surface area contributed by atoms with E-state index >= 15 is 0 Å². The fourth-order valence-electron chi connectivity index (χ4n) is 3.41. The minimum Gasteiger partial charge on any atom is -0.383 e. The van der Waals surface area contributed by atoms with Gasteiger partial charge in [0.2, 0.25) is 5.91 Å². The van der Waals surface area contributed by atoms with Crippen LogP contribution in [0.2, 0.25) is 0 Å². The number of nitrogens with one attached hydrogen (secondary N) is 4. The van der Waals surface area contributed by atoms with E-state index in [-0.39, 0.29) is 23.9 Å². The molecule has 1 aliphatic rings. The van der Waals surface area contributed by atoms with Crippen molar-refractivity contribution in [3.63, 3.8) is 0 Å². The Bertz CT molecular complexity index is 838. The largest absolute Gasteiger partial charge is 0.383 e. The zero-order valence-electron chi connectivity index (χ0n) is 16.9. The summed E-state index contributed by atoms with van der Waals surface area (Å²) in [5, 5.41) is 16.5. The average molecular weight is 400 g/mol. The molecule has 1 fully saturated rings. The van der Waals surface area contributed by atoms with Crippen molar-refractivity contribution in [1.82, 2.24) is 25.7 Å². The number of ether oxygens (including phenoxy) is 1.